The first-order valence-electron chi connectivity index (χ1n) is 9.56. The van der Waals surface area contributed by atoms with Gasteiger partial charge in [-0.05, 0) is 36.3 Å². The van der Waals surface area contributed by atoms with Gasteiger partial charge in [0.1, 0.15) is 0 Å². The first-order chi connectivity index (χ1) is 14.8. The molecule has 0 saturated carbocycles. The number of carbonyl (C=O) groups is 3. The zero-order chi connectivity index (χ0) is 22.8. The average Bonchev–Trinajstić information content (AvgIpc) is 2.79. The van der Waals surface area contributed by atoms with Crippen molar-refractivity contribution in [3.63, 3.8) is 0 Å². The number of primary amides is 1. The number of benzene rings is 2. The van der Waals surface area contributed by atoms with Crippen LogP contribution in [0.2, 0.25) is 0 Å². The number of nitrogens with two attached hydrogens (primary N) is 1. The molecule has 2 aromatic rings. The minimum Gasteiger partial charge on any atom is -0.493 e. The Bertz CT molecular complexity index is 942. The summed E-state index contributed by atoms with van der Waals surface area (Å²) in [6.45, 7) is 1.27. The molecule has 164 valence electrons. The number of hydrogen-bond donors (Lipinski definition) is 1. The number of likely N-dealkylation sites (N-methyl/N-ethyl adjacent to an activating group) is 1. The highest BCUT2D eigenvalue weighted by molar-refractivity contribution is 5.89. The first kappa shape index (κ1) is 23.5. The summed E-state index contributed by atoms with van der Waals surface area (Å²) in [5.74, 6) is -0.837. The third-order valence-electron chi connectivity index (χ3n) is 4.56. The standard InChI is InChI=1S/C23H26N2O6/c1-16(18-7-5-4-6-8-18)25(2)22(27)15-31-23(28)12-10-17-9-11-19(20(13-17)29-3)30-14-21(24)26/h4-13,16H,14-15H2,1-3H3,(H2,24,26)/b12-10+. The Morgan fingerprint density at radius 2 is 1.77 bits per heavy atom. The van der Waals surface area contributed by atoms with Gasteiger partial charge in [-0.15, -0.1) is 0 Å². The van der Waals surface area contributed by atoms with E-state index in [9.17, 15) is 14.4 Å². The minimum absolute atomic E-state index is 0.147. The molecule has 0 aliphatic rings. The number of methoxy groups -OCH3 is 1. The third kappa shape index (κ3) is 7.18. The maximum absolute atomic E-state index is 12.3. The number of ether oxygens (including phenoxy) is 3. The lowest BCUT2D eigenvalue weighted by Gasteiger charge is -2.25. The Morgan fingerprint density at radius 1 is 1.06 bits per heavy atom. The smallest absolute Gasteiger partial charge is 0.331 e. The van der Waals surface area contributed by atoms with Crippen LogP contribution in [0.5, 0.6) is 11.5 Å². The fourth-order valence-electron chi connectivity index (χ4n) is 2.67. The maximum atomic E-state index is 12.3. The molecular formula is C23H26N2O6. The van der Waals surface area contributed by atoms with Gasteiger partial charge >= 0.3 is 5.97 Å². The van der Waals surface area contributed by atoms with Gasteiger partial charge in [-0.1, -0.05) is 36.4 Å². The third-order valence-corrected chi connectivity index (χ3v) is 4.56. The van der Waals surface area contributed by atoms with Crippen molar-refractivity contribution in [2.45, 2.75) is 13.0 Å². The highest BCUT2D eigenvalue weighted by Gasteiger charge is 2.18. The molecule has 1 atom stereocenters. The van der Waals surface area contributed by atoms with Crippen molar-refractivity contribution >= 4 is 23.9 Å². The van der Waals surface area contributed by atoms with Crippen molar-refractivity contribution < 1.29 is 28.6 Å². The van der Waals surface area contributed by atoms with E-state index in [2.05, 4.69) is 0 Å². The number of hydrogen-bond acceptors (Lipinski definition) is 6. The Kier molecular flexibility index (Phi) is 8.63. The van der Waals surface area contributed by atoms with Gasteiger partial charge in [0.2, 0.25) is 0 Å². The van der Waals surface area contributed by atoms with Gasteiger partial charge in [-0.2, -0.15) is 0 Å². The number of rotatable bonds is 10. The summed E-state index contributed by atoms with van der Waals surface area (Å²) < 4.78 is 15.5. The predicted octanol–water partition coefficient (Wildman–Crippen LogP) is 2.34. The lowest BCUT2D eigenvalue weighted by Crippen LogP contribution is -2.33. The molecule has 0 radical (unpaired) electrons. The summed E-state index contributed by atoms with van der Waals surface area (Å²) in [4.78, 5) is 36.7. The lowest BCUT2D eigenvalue weighted by molar-refractivity contribution is -0.148. The van der Waals surface area contributed by atoms with Crippen LogP contribution in [0.15, 0.2) is 54.6 Å². The topological polar surface area (TPSA) is 108 Å². The minimum atomic E-state index is -0.651. The zero-order valence-corrected chi connectivity index (χ0v) is 17.7. The second-order valence-electron chi connectivity index (χ2n) is 6.70. The summed E-state index contributed by atoms with van der Waals surface area (Å²) in [7, 11) is 3.12. The fourth-order valence-corrected chi connectivity index (χ4v) is 2.67. The summed E-state index contributed by atoms with van der Waals surface area (Å²) in [5, 5.41) is 0. The highest BCUT2D eigenvalue weighted by Crippen LogP contribution is 2.28. The largest absolute Gasteiger partial charge is 0.493 e. The Hall–Kier alpha value is -3.81. The summed E-state index contributed by atoms with van der Waals surface area (Å²) in [6, 6.07) is 14.3. The number of nitrogens with zero attached hydrogens (tertiary/aromatic N) is 1. The molecule has 8 heteroatoms. The van der Waals surface area contributed by atoms with Crippen molar-refractivity contribution in [3.8, 4) is 11.5 Å². The van der Waals surface area contributed by atoms with E-state index in [1.165, 1.54) is 24.2 Å². The molecule has 2 rings (SSSR count). The number of esters is 1. The van der Waals surface area contributed by atoms with E-state index in [1.54, 1.807) is 25.2 Å². The monoisotopic (exact) mass is 426 g/mol. The molecule has 0 fully saturated rings. The van der Waals surface area contributed by atoms with E-state index in [-0.39, 0.29) is 25.2 Å². The second kappa shape index (κ2) is 11.4. The van der Waals surface area contributed by atoms with E-state index in [4.69, 9.17) is 19.9 Å². The molecule has 0 saturated heterocycles. The molecule has 0 spiro atoms. The van der Waals surface area contributed by atoms with Crippen LogP contribution >= 0.6 is 0 Å². The van der Waals surface area contributed by atoms with Crippen LogP contribution in [-0.2, 0) is 19.1 Å². The van der Waals surface area contributed by atoms with Crippen molar-refractivity contribution in [1.29, 1.82) is 0 Å². The SMILES string of the molecule is COc1cc(/C=C/C(=O)OCC(=O)N(C)C(C)c2ccccc2)ccc1OCC(N)=O. The van der Waals surface area contributed by atoms with Crippen molar-refractivity contribution in [3.05, 3.63) is 65.7 Å². The summed E-state index contributed by atoms with van der Waals surface area (Å²) >= 11 is 0. The van der Waals surface area contributed by atoms with Crippen LogP contribution in [0.1, 0.15) is 24.1 Å². The van der Waals surface area contributed by atoms with Gasteiger partial charge in [-0.25, -0.2) is 4.79 Å². The maximum Gasteiger partial charge on any atom is 0.331 e. The van der Waals surface area contributed by atoms with Crippen LogP contribution in [0, 0.1) is 0 Å². The summed E-state index contributed by atoms with van der Waals surface area (Å²) in [6.07, 6.45) is 2.73. The van der Waals surface area contributed by atoms with Gasteiger partial charge in [0.15, 0.2) is 24.7 Å². The molecule has 0 heterocycles. The molecule has 8 nitrogen and oxygen atoms in total. The molecule has 31 heavy (non-hydrogen) atoms. The van der Waals surface area contributed by atoms with E-state index in [0.717, 1.165) is 5.56 Å². The average molecular weight is 426 g/mol. The second-order valence-corrected chi connectivity index (χ2v) is 6.70. The normalized spacial score (nSPS) is 11.6. The first-order valence-corrected chi connectivity index (χ1v) is 9.56. The van der Waals surface area contributed by atoms with Crippen LogP contribution in [-0.4, -0.2) is 50.1 Å². The zero-order valence-electron chi connectivity index (χ0n) is 17.7. The molecule has 0 aliphatic heterocycles. The van der Waals surface area contributed by atoms with Crippen molar-refractivity contribution in [2.75, 3.05) is 27.4 Å². The number of amides is 2. The Labute approximate surface area is 181 Å². The van der Waals surface area contributed by atoms with Crippen LogP contribution < -0.4 is 15.2 Å². The molecule has 2 N–H and O–H groups in total. The molecule has 0 bridgehead atoms. The Morgan fingerprint density at radius 3 is 2.42 bits per heavy atom. The van der Waals surface area contributed by atoms with E-state index in [1.807, 2.05) is 37.3 Å². The predicted molar refractivity (Wildman–Crippen MR) is 115 cm³/mol. The van der Waals surface area contributed by atoms with Crippen molar-refractivity contribution in [2.24, 2.45) is 5.73 Å². The van der Waals surface area contributed by atoms with Gasteiger partial charge in [0.05, 0.1) is 13.2 Å². The van der Waals surface area contributed by atoms with Crippen molar-refractivity contribution in [1.82, 2.24) is 4.90 Å². The van der Waals surface area contributed by atoms with Gasteiger partial charge in [-0.3, -0.25) is 9.59 Å². The summed E-state index contributed by atoms with van der Waals surface area (Å²) in [5.41, 5.74) is 6.69. The number of carbonyl (C=O) groups excluding carboxylic acids is 3. The molecule has 2 amide bonds. The highest BCUT2D eigenvalue weighted by atomic mass is 16.5. The van der Waals surface area contributed by atoms with E-state index < -0.39 is 11.9 Å². The fraction of sp³-hybridized carbons (Fsp3) is 0.261. The van der Waals surface area contributed by atoms with E-state index in [0.29, 0.717) is 17.1 Å². The van der Waals surface area contributed by atoms with Gasteiger partial charge in [0, 0.05) is 13.1 Å². The molecule has 0 aromatic heterocycles. The van der Waals surface area contributed by atoms with Gasteiger partial charge < -0.3 is 24.8 Å². The molecule has 1 unspecified atom stereocenters. The van der Waals surface area contributed by atoms with Crippen LogP contribution in [0.3, 0.4) is 0 Å². The van der Waals surface area contributed by atoms with E-state index >= 15 is 0 Å². The quantitative estimate of drug-likeness (QED) is 0.461. The lowest BCUT2D eigenvalue weighted by atomic mass is 10.1. The Balaban J connectivity index is 1.90. The molecule has 0 aliphatic carbocycles. The molecule has 2 aromatic carbocycles. The van der Waals surface area contributed by atoms with Gasteiger partial charge in [0.25, 0.3) is 11.8 Å². The molecular weight excluding hydrogens is 400 g/mol. The van der Waals surface area contributed by atoms with Crippen LogP contribution in [0.4, 0.5) is 0 Å². The van der Waals surface area contributed by atoms with Crippen LogP contribution in [0.25, 0.3) is 6.08 Å².